The van der Waals surface area contributed by atoms with Crippen LogP contribution in [0.3, 0.4) is 0 Å². The summed E-state index contributed by atoms with van der Waals surface area (Å²) in [6.07, 6.45) is 43.5. The van der Waals surface area contributed by atoms with E-state index in [1.165, 1.54) is 180 Å². The van der Waals surface area contributed by atoms with Gasteiger partial charge in [0.25, 0.3) is 0 Å². The van der Waals surface area contributed by atoms with E-state index in [1.807, 2.05) is 55.4 Å². The summed E-state index contributed by atoms with van der Waals surface area (Å²) >= 11 is 0. The fourth-order valence-corrected chi connectivity index (χ4v) is 8.89. The van der Waals surface area contributed by atoms with E-state index in [0.29, 0.717) is 0 Å². The fourth-order valence-electron chi connectivity index (χ4n) is 8.89. The van der Waals surface area contributed by atoms with E-state index in [1.54, 1.807) is 0 Å². The Labute approximate surface area is 444 Å². The molecule has 0 aliphatic rings. The number of carboxylic acid groups (broad SMARTS) is 4. The van der Waals surface area contributed by atoms with E-state index >= 15 is 0 Å². The first-order valence-electron chi connectivity index (χ1n) is 29.2. The third-order valence-corrected chi connectivity index (χ3v) is 13.9. The molecule has 9 heteroatoms. The Morgan fingerprint density at radius 3 is 0.464 bits per heavy atom. The molecule has 0 fully saturated rings. The standard InChI is InChI=1S/4C15H30O2.Ti/c4*1-4-5-6-7-8-9-10-11-12-14(13(2)3)15(16)17;/h4*13-14H,4-12H2,1-3H3,(H,16,17);/q;;;;+4/p-4. The molecule has 8 nitrogen and oxygen atoms in total. The molecule has 0 aromatic heterocycles. The van der Waals surface area contributed by atoms with Crippen molar-refractivity contribution in [3.05, 3.63) is 0 Å². The van der Waals surface area contributed by atoms with Crippen molar-refractivity contribution in [3.63, 3.8) is 0 Å². The molecule has 0 rings (SSSR count). The van der Waals surface area contributed by atoms with Crippen molar-refractivity contribution in [3.8, 4) is 0 Å². The summed E-state index contributed by atoms with van der Waals surface area (Å²) in [5, 5.41) is 43.5. The molecule has 408 valence electrons. The van der Waals surface area contributed by atoms with E-state index in [2.05, 4.69) is 27.7 Å². The minimum atomic E-state index is -0.872. The molecular formula is C60H116O8Ti. The number of unbranched alkanes of at least 4 members (excludes halogenated alkanes) is 28. The van der Waals surface area contributed by atoms with Gasteiger partial charge in [-0.3, -0.25) is 0 Å². The molecule has 0 aliphatic carbocycles. The van der Waals surface area contributed by atoms with Gasteiger partial charge < -0.3 is 39.6 Å². The molecular weight excluding hydrogens is 897 g/mol. The topological polar surface area (TPSA) is 161 Å². The maximum absolute atomic E-state index is 10.9. The predicted octanol–water partition coefficient (Wildman–Crippen LogP) is 14.2. The predicted molar refractivity (Wildman–Crippen MR) is 282 cm³/mol. The summed E-state index contributed by atoms with van der Waals surface area (Å²) in [6.45, 7) is 24.6. The summed E-state index contributed by atoms with van der Waals surface area (Å²) < 4.78 is 0. The van der Waals surface area contributed by atoms with Gasteiger partial charge in [-0.25, -0.2) is 0 Å². The van der Waals surface area contributed by atoms with Gasteiger partial charge in [-0.1, -0.05) is 289 Å². The average molecular weight is 1010 g/mol. The number of hydrogen-bond donors (Lipinski definition) is 0. The van der Waals surface area contributed by atoms with Gasteiger partial charge in [-0.15, -0.1) is 0 Å². The van der Waals surface area contributed by atoms with Gasteiger partial charge in [0.1, 0.15) is 0 Å². The minimum absolute atomic E-state index is 0. The van der Waals surface area contributed by atoms with Crippen molar-refractivity contribution in [2.24, 2.45) is 47.3 Å². The van der Waals surface area contributed by atoms with Gasteiger partial charge in [-0.2, -0.15) is 0 Å². The van der Waals surface area contributed by atoms with E-state index in [4.69, 9.17) is 0 Å². The smallest absolute Gasteiger partial charge is 0.550 e. The van der Waals surface area contributed by atoms with E-state index in [9.17, 15) is 39.6 Å². The maximum atomic E-state index is 10.9. The van der Waals surface area contributed by atoms with Crippen molar-refractivity contribution in [2.75, 3.05) is 0 Å². The fraction of sp³-hybridized carbons (Fsp3) is 0.933. The van der Waals surface area contributed by atoms with Crippen LogP contribution in [-0.4, -0.2) is 23.9 Å². The van der Waals surface area contributed by atoms with Gasteiger partial charge in [0.2, 0.25) is 0 Å². The Kier molecular flexibility index (Phi) is 63.8. The van der Waals surface area contributed by atoms with Crippen LogP contribution in [0.1, 0.15) is 314 Å². The van der Waals surface area contributed by atoms with Crippen LogP contribution in [0.15, 0.2) is 0 Å². The Hall–Kier alpha value is -1.41. The van der Waals surface area contributed by atoms with Gasteiger partial charge >= 0.3 is 21.7 Å². The second-order valence-electron chi connectivity index (χ2n) is 21.7. The van der Waals surface area contributed by atoms with Gasteiger partial charge in [-0.05, 0) is 49.4 Å². The van der Waals surface area contributed by atoms with Gasteiger partial charge in [0, 0.05) is 47.5 Å². The van der Waals surface area contributed by atoms with Crippen LogP contribution < -0.4 is 20.4 Å². The normalized spacial score (nSPS) is 12.8. The molecule has 0 bridgehead atoms. The van der Waals surface area contributed by atoms with Crippen LogP contribution in [-0.2, 0) is 40.9 Å². The summed E-state index contributed by atoms with van der Waals surface area (Å²) in [5.74, 6) is -3.71. The Morgan fingerprint density at radius 1 is 0.246 bits per heavy atom. The first-order valence-corrected chi connectivity index (χ1v) is 29.2. The van der Waals surface area contributed by atoms with Crippen molar-refractivity contribution in [1.29, 1.82) is 0 Å². The summed E-state index contributed by atoms with van der Waals surface area (Å²) in [7, 11) is 0. The first-order chi connectivity index (χ1) is 32.4. The molecule has 0 amide bonds. The molecule has 0 N–H and O–H groups in total. The van der Waals surface area contributed by atoms with Crippen LogP contribution in [0.25, 0.3) is 0 Å². The summed E-state index contributed by atoms with van der Waals surface area (Å²) in [6, 6.07) is 0. The Balaban J connectivity index is -0.000000263. The number of carboxylic acids is 4. The molecule has 0 saturated heterocycles. The van der Waals surface area contributed by atoms with Gasteiger partial charge in [0.05, 0.1) is 0 Å². The van der Waals surface area contributed by atoms with Crippen molar-refractivity contribution >= 4 is 23.9 Å². The largest absolute Gasteiger partial charge is 4.00 e. The Bertz CT molecular complexity index is 925. The van der Waals surface area contributed by atoms with E-state index in [-0.39, 0.29) is 69.1 Å². The zero-order valence-electron chi connectivity index (χ0n) is 47.8. The average Bonchev–Trinajstić information content (AvgIpc) is 3.26. The number of carbonyl (C=O) groups excluding carboxylic acids is 4. The van der Waals surface area contributed by atoms with Gasteiger partial charge in [0.15, 0.2) is 0 Å². The number of aliphatic carboxylic acids is 4. The summed E-state index contributed by atoms with van der Waals surface area (Å²) in [4.78, 5) is 43.5. The molecule has 4 atom stereocenters. The molecule has 0 spiro atoms. The molecule has 0 heterocycles. The number of carbonyl (C=O) groups is 4. The van der Waals surface area contributed by atoms with Crippen LogP contribution in [0.2, 0.25) is 0 Å². The van der Waals surface area contributed by atoms with E-state index in [0.717, 1.165) is 51.4 Å². The number of rotatable bonds is 44. The quantitative estimate of drug-likeness (QED) is 0.0430. The molecule has 4 unspecified atom stereocenters. The Morgan fingerprint density at radius 2 is 0.362 bits per heavy atom. The molecule has 0 saturated carbocycles. The second kappa shape index (κ2) is 57.5. The zero-order chi connectivity index (χ0) is 52.4. The molecule has 0 radical (unpaired) electrons. The second-order valence-corrected chi connectivity index (χ2v) is 21.7. The number of hydrogen-bond acceptors (Lipinski definition) is 8. The third-order valence-electron chi connectivity index (χ3n) is 13.9. The maximum Gasteiger partial charge on any atom is 4.00 e. The zero-order valence-corrected chi connectivity index (χ0v) is 49.4. The van der Waals surface area contributed by atoms with Crippen LogP contribution >= 0.6 is 0 Å². The van der Waals surface area contributed by atoms with Crippen LogP contribution in [0, 0.1) is 47.3 Å². The molecule has 69 heavy (non-hydrogen) atoms. The SMILES string of the molecule is CCCCCCCCCCC(C(=O)[O-])C(C)C.CCCCCCCCCCC(C(=O)[O-])C(C)C.CCCCCCCCCCC(C(=O)[O-])C(C)C.CCCCCCCCCCC(C(=O)[O-])C(C)C.[Ti+4]. The monoisotopic (exact) mass is 1010 g/mol. The third kappa shape index (κ3) is 55.8. The van der Waals surface area contributed by atoms with Crippen LogP contribution in [0.5, 0.6) is 0 Å². The molecule has 0 aromatic rings. The molecule has 0 aromatic carbocycles. The molecule has 0 aliphatic heterocycles. The first kappa shape index (κ1) is 76.5. The minimum Gasteiger partial charge on any atom is -0.550 e. The van der Waals surface area contributed by atoms with E-state index < -0.39 is 23.9 Å². The van der Waals surface area contributed by atoms with Crippen molar-refractivity contribution in [1.82, 2.24) is 0 Å². The summed E-state index contributed by atoms with van der Waals surface area (Å²) in [5.41, 5.74) is 0. The van der Waals surface area contributed by atoms with Crippen molar-refractivity contribution < 1.29 is 61.3 Å². The van der Waals surface area contributed by atoms with Crippen molar-refractivity contribution in [2.45, 2.75) is 314 Å². The van der Waals surface area contributed by atoms with Crippen LogP contribution in [0.4, 0.5) is 0 Å².